The Kier molecular flexibility index (Phi) is 5.15. The number of halogens is 2. The third-order valence-corrected chi connectivity index (χ3v) is 3.65. The summed E-state index contributed by atoms with van der Waals surface area (Å²) in [7, 11) is 0. The Balaban J connectivity index is 2.43. The lowest BCUT2D eigenvalue weighted by atomic mass is 10.1. The van der Waals surface area contributed by atoms with Crippen LogP contribution in [0.3, 0.4) is 0 Å². The highest BCUT2D eigenvalue weighted by atomic mass is 79.9. The zero-order chi connectivity index (χ0) is 16.3. The Morgan fingerprint density at radius 3 is 2.73 bits per heavy atom. The molecule has 22 heavy (non-hydrogen) atoms. The topological polar surface area (TPSA) is 82.6 Å². The maximum Gasteiger partial charge on any atom is 0.379 e. The van der Waals surface area contributed by atoms with Gasteiger partial charge < -0.3 is 9.15 Å². The fourth-order valence-electron chi connectivity index (χ4n) is 1.61. The molecule has 8 heteroatoms. The summed E-state index contributed by atoms with van der Waals surface area (Å²) in [5, 5.41) is 10.8. The number of benzene rings is 1. The number of rotatable bonds is 4. The van der Waals surface area contributed by atoms with Crippen LogP contribution >= 0.6 is 31.9 Å². The highest BCUT2D eigenvalue weighted by Gasteiger charge is 2.18. The SMILES string of the molecule is C/C(=C\c1cc(Br)cc(Br)c1OC(=O)c1ccco1)[N+](=O)[O-]. The quantitative estimate of drug-likeness (QED) is 0.305. The molecule has 0 N–H and O–H groups in total. The van der Waals surface area contributed by atoms with Gasteiger partial charge >= 0.3 is 5.97 Å². The number of allylic oxidation sites excluding steroid dienone is 1. The van der Waals surface area contributed by atoms with Gasteiger partial charge in [-0.3, -0.25) is 10.1 Å². The molecular formula is C14H9Br2NO5. The number of hydrogen-bond donors (Lipinski definition) is 0. The van der Waals surface area contributed by atoms with E-state index in [2.05, 4.69) is 31.9 Å². The van der Waals surface area contributed by atoms with Gasteiger partial charge in [-0.2, -0.15) is 0 Å². The average molecular weight is 431 g/mol. The summed E-state index contributed by atoms with van der Waals surface area (Å²) in [4.78, 5) is 22.2. The van der Waals surface area contributed by atoms with E-state index in [0.717, 1.165) is 0 Å². The van der Waals surface area contributed by atoms with Gasteiger partial charge in [0, 0.05) is 23.0 Å². The summed E-state index contributed by atoms with van der Waals surface area (Å²) in [5.41, 5.74) is 0.302. The smallest absolute Gasteiger partial charge is 0.379 e. The van der Waals surface area contributed by atoms with Gasteiger partial charge in [-0.25, -0.2) is 4.79 Å². The zero-order valence-corrected chi connectivity index (χ0v) is 14.4. The summed E-state index contributed by atoms with van der Waals surface area (Å²) >= 11 is 6.57. The maximum atomic E-state index is 12.0. The van der Waals surface area contributed by atoms with Gasteiger partial charge in [0.1, 0.15) is 0 Å². The molecule has 0 aliphatic carbocycles. The van der Waals surface area contributed by atoms with Gasteiger partial charge in [0.25, 0.3) is 0 Å². The standard InChI is InChI=1S/C14H9Br2NO5/c1-8(17(19)20)5-9-6-10(15)7-11(16)13(9)22-14(18)12-3-2-4-21-12/h2-7H,1H3/b8-5+. The summed E-state index contributed by atoms with van der Waals surface area (Å²) in [6.07, 6.45) is 2.67. The molecule has 1 heterocycles. The molecule has 0 aliphatic heterocycles. The number of nitrogens with zero attached hydrogens (tertiary/aromatic N) is 1. The van der Waals surface area contributed by atoms with E-state index >= 15 is 0 Å². The molecular weight excluding hydrogens is 422 g/mol. The molecule has 0 radical (unpaired) electrons. The fourth-order valence-corrected chi connectivity index (χ4v) is 2.95. The molecule has 0 saturated heterocycles. The normalized spacial score (nSPS) is 11.3. The number of hydrogen-bond acceptors (Lipinski definition) is 5. The summed E-state index contributed by atoms with van der Waals surface area (Å²) < 4.78 is 11.4. The summed E-state index contributed by atoms with van der Waals surface area (Å²) in [5.74, 6) is -0.483. The minimum Gasteiger partial charge on any atom is -0.457 e. The number of carbonyl (C=O) groups excluding carboxylic acids is 1. The van der Waals surface area contributed by atoms with Crippen molar-refractivity contribution in [1.82, 2.24) is 0 Å². The Morgan fingerprint density at radius 1 is 1.41 bits per heavy atom. The molecule has 0 saturated carbocycles. The second-order valence-electron chi connectivity index (χ2n) is 4.22. The van der Waals surface area contributed by atoms with Gasteiger partial charge in [-0.1, -0.05) is 15.9 Å². The van der Waals surface area contributed by atoms with Crippen LogP contribution in [-0.2, 0) is 0 Å². The number of esters is 1. The van der Waals surface area contributed by atoms with Crippen LogP contribution in [0.2, 0.25) is 0 Å². The van der Waals surface area contributed by atoms with Crippen molar-refractivity contribution < 1.29 is 18.9 Å². The van der Waals surface area contributed by atoms with Crippen molar-refractivity contribution in [1.29, 1.82) is 0 Å². The van der Waals surface area contributed by atoms with Crippen LogP contribution < -0.4 is 4.74 Å². The largest absolute Gasteiger partial charge is 0.457 e. The third kappa shape index (κ3) is 3.83. The first kappa shape index (κ1) is 16.4. The summed E-state index contributed by atoms with van der Waals surface area (Å²) in [6.45, 7) is 1.35. The van der Waals surface area contributed by atoms with Crippen molar-refractivity contribution in [2.24, 2.45) is 0 Å². The van der Waals surface area contributed by atoms with Crippen molar-refractivity contribution in [3.8, 4) is 5.75 Å². The van der Waals surface area contributed by atoms with E-state index in [4.69, 9.17) is 9.15 Å². The molecule has 0 amide bonds. The number of furan rings is 1. The highest BCUT2D eigenvalue weighted by Crippen LogP contribution is 2.35. The van der Waals surface area contributed by atoms with Crippen LogP contribution in [0.15, 0.2) is 49.6 Å². The minimum atomic E-state index is -0.693. The molecule has 0 atom stereocenters. The van der Waals surface area contributed by atoms with Crippen LogP contribution in [0.1, 0.15) is 23.0 Å². The number of nitro groups is 1. The van der Waals surface area contributed by atoms with Crippen molar-refractivity contribution in [2.45, 2.75) is 6.92 Å². The van der Waals surface area contributed by atoms with Crippen molar-refractivity contribution >= 4 is 43.9 Å². The van der Waals surface area contributed by atoms with Gasteiger partial charge in [0.2, 0.25) is 11.5 Å². The number of carbonyl (C=O) groups is 1. The van der Waals surface area contributed by atoms with Crippen molar-refractivity contribution in [2.75, 3.05) is 0 Å². The molecule has 1 aromatic heterocycles. The Labute approximate surface area is 142 Å². The van der Waals surface area contributed by atoms with E-state index in [1.807, 2.05) is 0 Å². The zero-order valence-electron chi connectivity index (χ0n) is 11.2. The first-order chi connectivity index (χ1) is 10.4. The maximum absolute atomic E-state index is 12.0. The molecule has 0 aliphatic rings. The summed E-state index contributed by atoms with van der Waals surface area (Å²) in [6, 6.07) is 6.31. The minimum absolute atomic E-state index is 0.0377. The molecule has 2 rings (SSSR count). The first-order valence-electron chi connectivity index (χ1n) is 5.96. The lowest BCUT2D eigenvalue weighted by Crippen LogP contribution is -2.09. The van der Waals surface area contributed by atoms with E-state index in [1.165, 1.54) is 25.3 Å². The van der Waals surface area contributed by atoms with Crippen molar-refractivity contribution in [3.63, 3.8) is 0 Å². The second kappa shape index (κ2) is 6.89. The van der Waals surface area contributed by atoms with Gasteiger partial charge in [0.05, 0.1) is 15.7 Å². The van der Waals surface area contributed by atoms with Crippen LogP contribution in [0, 0.1) is 10.1 Å². The Hall–Kier alpha value is -1.93. The van der Waals surface area contributed by atoms with Crippen LogP contribution in [0.25, 0.3) is 6.08 Å². The third-order valence-electron chi connectivity index (χ3n) is 2.61. The van der Waals surface area contributed by atoms with E-state index in [0.29, 0.717) is 14.5 Å². The monoisotopic (exact) mass is 429 g/mol. The Bertz CT molecular complexity index is 753. The molecule has 0 unspecified atom stereocenters. The number of ether oxygens (including phenoxy) is 1. The fraction of sp³-hybridized carbons (Fsp3) is 0.0714. The van der Waals surface area contributed by atoms with Crippen LogP contribution in [0.5, 0.6) is 5.75 Å². The van der Waals surface area contributed by atoms with E-state index in [-0.39, 0.29) is 17.2 Å². The average Bonchev–Trinajstić information content (AvgIpc) is 2.96. The lowest BCUT2D eigenvalue weighted by Gasteiger charge is -2.09. The van der Waals surface area contributed by atoms with Gasteiger partial charge in [-0.05, 0) is 40.2 Å². The molecule has 114 valence electrons. The second-order valence-corrected chi connectivity index (χ2v) is 5.99. The molecule has 1 aromatic carbocycles. The van der Waals surface area contributed by atoms with Crippen LogP contribution in [0.4, 0.5) is 0 Å². The van der Waals surface area contributed by atoms with Crippen molar-refractivity contribution in [3.05, 3.63) is 66.6 Å². The van der Waals surface area contributed by atoms with Gasteiger partial charge in [0.15, 0.2) is 5.75 Å². The molecule has 2 aromatic rings. The Morgan fingerprint density at radius 2 is 2.14 bits per heavy atom. The molecule has 0 spiro atoms. The van der Waals surface area contributed by atoms with Gasteiger partial charge in [-0.15, -0.1) is 0 Å². The van der Waals surface area contributed by atoms with E-state index in [9.17, 15) is 14.9 Å². The highest BCUT2D eigenvalue weighted by molar-refractivity contribution is 9.11. The van der Waals surface area contributed by atoms with E-state index < -0.39 is 10.9 Å². The molecule has 6 nitrogen and oxygen atoms in total. The first-order valence-corrected chi connectivity index (χ1v) is 7.54. The van der Waals surface area contributed by atoms with E-state index in [1.54, 1.807) is 18.2 Å². The predicted molar refractivity (Wildman–Crippen MR) is 86.2 cm³/mol. The molecule has 0 bridgehead atoms. The lowest BCUT2D eigenvalue weighted by molar-refractivity contribution is -0.422. The predicted octanol–water partition coefficient (Wildman–Crippen LogP) is 4.66. The van der Waals surface area contributed by atoms with Crippen LogP contribution in [-0.4, -0.2) is 10.9 Å². The molecule has 0 fully saturated rings.